The third-order valence-electron chi connectivity index (χ3n) is 3.08. The van der Waals surface area contributed by atoms with Crippen LogP contribution in [-0.4, -0.2) is 11.8 Å². The van der Waals surface area contributed by atoms with Crippen molar-refractivity contribution < 1.29 is 14.0 Å². The number of carbonyl (C=O) groups excluding carboxylic acids is 2. The number of rotatable bonds is 1. The summed E-state index contributed by atoms with van der Waals surface area (Å²) >= 11 is 0. The maximum atomic E-state index is 13.6. The van der Waals surface area contributed by atoms with Crippen LogP contribution in [0, 0.1) is 17.7 Å². The van der Waals surface area contributed by atoms with Crippen molar-refractivity contribution in [3.05, 3.63) is 24.0 Å². The molecule has 2 unspecified atom stereocenters. The van der Waals surface area contributed by atoms with Crippen LogP contribution in [-0.2, 0) is 9.59 Å². The molecule has 4 nitrogen and oxygen atoms in total. The van der Waals surface area contributed by atoms with E-state index in [9.17, 15) is 14.0 Å². The Morgan fingerprint density at radius 3 is 2.44 bits per heavy atom. The number of nitrogen functional groups attached to an aromatic ring is 1. The molecule has 0 spiro atoms. The Morgan fingerprint density at radius 2 is 1.88 bits per heavy atom. The summed E-state index contributed by atoms with van der Waals surface area (Å²) in [5.74, 6) is -1.66. The fourth-order valence-electron chi connectivity index (χ4n) is 2.12. The van der Waals surface area contributed by atoms with Crippen LogP contribution in [0.25, 0.3) is 0 Å². The lowest BCUT2D eigenvalue weighted by Gasteiger charge is -2.17. The molecule has 2 amide bonds. The highest BCUT2D eigenvalue weighted by Crippen LogP contribution is 2.48. The molecular weight excluding hydrogens is 211 g/mol. The molecule has 1 heterocycles. The van der Waals surface area contributed by atoms with E-state index in [0.29, 0.717) is 6.42 Å². The van der Waals surface area contributed by atoms with Crippen LogP contribution in [0.5, 0.6) is 0 Å². The molecule has 2 N–H and O–H groups in total. The number of hydrogen-bond acceptors (Lipinski definition) is 3. The highest BCUT2D eigenvalue weighted by atomic mass is 19.1. The van der Waals surface area contributed by atoms with Crippen LogP contribution in [0.1, 0.15) is 6.42 Å². The van der Waals surface area contributed by atoms with Gasteiger partial charge < -0.3 is 5.73 Å². The average molecular weight is 220 g/mol. The Morgan fingerprint density at radius 1 is 1.25 bits per heavy atom. The van der Waals surface area contributed by atoms with Crippen molar-refractivity contribution in [3.63, 3.8) is 0 Å². The number of imide groups is 1. The Hall–Kier alpha value is -1.91. The largest absolute Gasteiger partial charge is 0.399 e. The van der Waals surface area contributed by atoms with E-state index in [1.54, 1.807) is 0 Å². The molecule has 1 saturated heterocycles. The molecule has 1 aliphatic carbocycles. The van der Waals surface area contributed by atoms with Gasteiger partial charge >= 0.3 is 0 Å². The second-order valence-electron chi connectivity index (χ2n) is 4.17. The topological polar surface area (TPSA) is 63.4 Å². The average Bonchev–Trinajstić information content (AvgIpc) is 2.96. The van der Waals surface area contributed by atoms with Gasteiger partial charge in [0.15, 0.2) is 0 Å². The summed E-state index contributed by atoms with van der Waals surface area (Å²) in [5, 5.41) is 0. The minimum atomic E-state index is -0.636. The van der Waals surface area contributed by atoms with Crippen molar-refractivity contribution in [1.82, 2.24) is 0 Å². The van der Waals surface area contributed by atoms with Crippen molar-refractivity contribution in [3.8, 4) is 0 Å². The molecule has 16 heavy (non-hydrogen) atoms. The lowest BCUT2D eigenvalue weighted by atomic mass is 10.2. The van der Waals surface area contributed by atoms with Gasteiger partial charge in [-0.15, -0.1) is 0 Å². The number of hydrogen-bond donors (Lipinski definition) is 1. The maximum absolute atomic E-state index is 13.6. The van der Waals surface area contributed by atoms with Crippen molar-refractivity contribution in [2.75, 3.05) is 10.6 Å². The maximum Gasteiger partial charge on any atom is 0.237 e. The first-order chi connectivity index (χ1) is 7.59. The fourth-order valence-corrected chi connectivity index (χ4v) is 2.12. The highest BCUT2D eigenvalue weighted by molar-refractivity contribution is 6.24. The van der Waals surface area contributed by atoms with Crippen LogP contribution < -0.4 is 10.6 Å². The van der Waals surface area contributed by atoms with Crippen LogP contribution in [0.15, 0.2) is 18.2 Å². The van der Waals surface area contributed by atoms with Crippen LogP contribution in [0.3, 0.4) is 0 Å². The zero-order valence-corrected chi connectivity index (χ0v) is 8.31. The molecule has 0 radical (unpaired) electrons. The van der Waals surface area contributed by atoms with E-state index in [4.69, 9.17) is 5.73 Å². The van der Waals surface area contributed by atoms with Gasteiger partial charge in [0.1, 0.15) is 5.82 Å². The number of benzene rings is 1. The van der Waals surface area contributed by atoms with E-state index < -0.39 is 5.82 Å². The van der Waals surface area contributed by atoms with Gasteiger partial charge in [-0.1, -0.05) is 0 Å². The Kier molecular flexibility index (Phi) is 1.64. The Balaban J connectivity index is 2.04. The monoisotopic (exact) mass is 220 g/mol. The zero-order chi connectivity index (χ0) is 11.4. The first kappa shape index (κ1) is 9.33. The minimum Gasteiger partial charge on any atom is -0.399 e. The van der Waals surface area contributed by atoms with E-state index in [0.717, 1.165) is 11.0 Å². The third-order valence-corrected chi connectivity index (χ3v) is 3.08. The molecule has 2 aliphatic rings. The summed E-state index contributed by atoms with van der Waals surface area (Å²) in [7, 11) is 0. The number of halogens is 1. The first-order valence-corrected chi connectivity index (χ1v) is 5.02. The summed E-state index contributed by atoms with van der Waals surface area (Å²) in [6, 6.07) is 3.95. The summed E-state index contributed by atoms with van der Waals surface area (Å²) in [4.78, 5) is 24.3. The van der Waals surface area contributed by atoms with Gasteiger partial charge in [0.05, 0.1) is 17.5 Å². The van der Waals surface area contributed by atoms with Gasteiger partial charge in [-0.05, 0) is 24.6 Å². The van der Waals surface area contributed by atoms with E-state index in [2.05, 4.69) is 0 Å². The number of piperidine rings is 1. The SMILES string of the molecule is Nc1ccc(N2C(=O)C3CC3C2=O)c(F)c1. The van der Waals surface area contributed by atoms with Crippen molar-refractivity contribution in [2.45, 2.75) is 6.42 Å². The molecule has 1 aliphatic heterocycles. The zero-order valence-electron chi connectivity index (χ0n) is 8.31. The number of anilines is 2. The molecule has 3 rings (SSSR count). The van der Waals surface area contributed by atoms with Crippen molar-refractivity contribution in [2.24, 2.45) is 11.8 Å². The van der Waals surface area contributed by atoms with Crippen LogP contribution in [0.4, 0.5) is 15.8 Å². The summed E-state index contributed by atoms with van der Waals surface area (Å²) in [5.41, 5.74) is 5.68. The van der Waals surface area contributed by atoms with E-state index in [1.807, 2.05) is 0 Å². The number of amides is 2. The molecule has 1 saturated carbocycles. The van der Waals surface area contributed by atoms with E-state index in [1.165, 1.54) is 12.1 Å². The van der Waals surface area contributed by atoms with Crippen LogP contribution in [0.2, 0.25) is 0 Å². The van der Waals surface area contributed by atoms with Crippen LogP contribution >= 0.6 is 0 Å². The molecule has 2 atom stereocenters. The summed E-state index contributed by atoms with van der Waals surface area (Å²) in [6.45, 7) is 0. The van der Waals surface area contributed by atoms with Crippen molar-refractivity contribution >= 4 is 23.2 Å². The second-order valence-corrected chi connectivity index (χ2v) is 4.17. The first-order valence-electron chi connectivity index (χ1n) is 5.02. The minimum absolute atomic E-state index is 0.0106. The van der Waals surface area contributed by atoms with Gasteiger partial charge in [0.25, 0.3) is 0 Å². The number of carbonyl (C=O) groups is 2. The van der Waals surface area contributed by atoms with Gasteiger partial charge in [-0.2, -0.15) is 0 Å². The summed E-state index contributed by atoms with van der Waals surface area (Å²) in [6.07, 6.45) is 0.616. The molecule has 1 aromatic rings. The van der Waals surface area contributed by atoms with E-state index >= 15 is 0 Å². The summed E-state index contributed by atoms with van der Waals surface area (Å²) < 4.78 is 13.6. The number of fused-ring (bicyclic) bond motifs is 1. The van der Waals surface area contributed by atoms with Gasteiger partial charge in [-0.25, -0.2) is 9.29 Å². The fraction of sp³-hybridized carbons (Fsp3) is 0.273. The molecular formula is C11H9FN2O2. The third kappa shape index (κ3) is 1.08. The predicted molar refractivity (Wildman–Crippen MR) is 54.9 cm³/mol. The number of nitrogens with zero attached hydrogens (tertiary/aromatic N) is 1. The van der Waals surface area contributed by atoms with Crippen molar-refractivity contribution in [1.29, 1.82) is 0 Å². The lowest BCUT2D eigenvalue weighted by Crippen LogP contribution is -2.33. The predicted octanol–water partition coefficient (Wildman–Crippen LogP) is 0.917. The van der Waals surface area contributed by atoms with E-state index in [-0.39, 0.29) is 35.0 Å². The van der Waals surface area contributed by atoms with Gasteiger partial charge in [-0.3, -0.25) is 9.59 Å². The number of nitrogens with two attached hydrogens (primary N) is 1. The lowest BCUT2D eigenvalue weighted by molar-refractivity contribution is -0.123. The quantitative estimate of drug-likeness (QED) is 0.565. The smallest absolute Gasteiger partial charge is 0.237 e. The second kappa shape index (κ2) is 2.81. The highest BCUT2D eigenvalue weighted by Gasteiger charge is 2.59. The standard InChI is InChI=1S/C11H9FN2O2/c12-8-3-5(13)1-2-9(8)14-10(15)6-4-7(6)11(14)16/h1-3,6-7H,4,13H2. The molecule has 5 heteroatoms. The molecule has 1 aromatic carbocycles. The molecule has 0 aromatic heterocycles. The molecule has 0 bridgehead atoms. The Labute approximate surface area is 90.8 Å². The molecule has 82 valence electrons. The van der Waals surface area contributed by atoms with Gasteiger partial charge in [0.2, 0.25) is 11.8 Å². The normalized spacial score (nSPS) is 27.2. The molecule has 2 fully saturated rings. The van der Waals surface area contributed by atoms with Gasteiger partial charge in [0, 0.05) is 5.69 Å². The Bertz CT molecular complexity index is 495.